The summed E-state index contributed by atoms with van der Waals surface area (Å²) in [6.07, 6.45) is 0. The van der Waals surface area contributed by atoms with E-state index in [9.17, 15) is 0 Å². The van der Waals surface area contributed by atoms with Crippen LogP contribution in [0.1, 0.15) is 19.4 Å². The van der Waals surface area contributed by atoms with Crippen molar-refractivity contribution < 1.29 is 4.74 Å². The van der Waals surface area contributed by atoms with Crippen molar-refractivity contribution in [2.24, 2.45) is 5.92 Å². The number of fused-ring (bicyclic) bond motifs is 1. The van der Waals surface area contributed by atoms with E-state index in [0.717, 1.165) is 17.6 Å². The van der Waals surface area contributed by atoms with E-state index in [1.165, 1.54) is 0 Å². The number of benzene rings is 1. The number of aromatic nitrogens is 2. The topological polar surface area (TPSA) is 76.9 Å². The minimum atomic E-state index is 0.457. The molecule has 5 nitrogen and oxygen atoms in total. The van der Waals surface area contributed by atoms with Crippen molar-refractivity contribution in [3.05, 3.63) is 23.8 Å². The molecule has 2 N–H and O–H groups in total. The number of anilines is 1. The van der Waals surface area contributed by atoms with Gasteiger partial charge in [-0.05, 0) is 24.1 Å². The van der Waals surface area contributed by atoms with Gasteiger partial charge in [0.1, 0.15) is 0 Å². The highest BCUT2D eigenvalue weighted by atomic mass is 16.5. The van der Waals surface area contributed by atoms with Crippen LogP contribution in [0.4, 0.5) is 5.95 Å². The Bertz CT molecular complexity index is 610. The molecule has 0 atom stereocenters. The smallest absolute Gasteiger partial charge is 0.201 e. The van der Waals surface area contributed by atoms with Crippen LogP contribution in [0.3, 0.4) is 0 Å². The summed E-state index contributed by atoms with van der Waals surface area (Å²) in [5.74, 6) is 0.973. The van der Waals surface area contributed by atoms with E-state index in [1.807, 2.05) is 10.6 Å². The summed E-state index contributed by atoms with van der Waals surface area (Å²) in [6, 6.07) is 7.49. The number of hydrogen-bond acceptors (Lipinski definition) is 4. The Morgan fingerprint density at radius 2 is 2.26 bits per heavy atom. The average Bonchev–Trinajstić information content (AvgIpc) is 2.69. The first-order valence-electron chi connectivity index (χ1n) is 6.35. The predicted molar refractivity (Wildman–Crippen MR) is 74.5 cm³/mol. The maximum atomic E-state index is 8.93. The van der Waals surface area contributed by atoms with Gasteiger partial charge >= 0.3 is 0 Å². The first-order valence-corrected chi connectivity index (χ1v) is 6.35. The lowest BCUT2D eigenvalue weighted by Crippen LogP contribution is -2.11. The van der Waals surface area contributed by atoms with Gasteiger partial charge in [0.25, 0.3) is 0 Å². The lowest BCUT2D eigenvalue weighted by Gasteiger charge is -2.09. The van der Waals surface area contributed by atoms with Crippen LogP contribution in [0.5, 0.6) is 0 Å². The number of nitrogens with zero attached hydrogens (tertiary/aromatic N) is 3. The number of rotatable bonds is 5. The maximum absolute atomic E-state index is 8.93. The van der Waals surface area contributed by atoms with E-state index in [-0.39, 0.29) is 0 Å². The second-order valence-electron chi connectivity index (χ2n) is 4.91. The van der Waals surface area contributed by atoms with Crippen LogP contribution in [0, 0.1) is 17.2 Å². The van der Waals surface area contributed by atoms with Gasteiger partial charge in [0.2, 0.25) is 5.95 Å². The van der Waals surface area contributed by atoms with Crippen LogP contribution in [-0.2, 0) is 11.3 Å². The Morgan fingerprint density at radius 1 is 1.47 bits per heavy atom. The molecule has 0 bridgehead atoms. The molecule has 0 amide bonds. The summed E-state index contributed by atoms with van der Waals surface area (Å²) in [4.78, 5) is 4.28. The van der Waals surface area contributed by atoms with E-state index in [4.69, 9.17) is 15.7 Å². The second kappa shape index (κ2) is 5.72. The molecular formula is C14H18N4O. The van der Waals surface area contributed by atoms with Gasteiger partial charge in [-0.2, -0.15) is 5.26 Å². The fourth-order valence-electron chi connectivity index (χ4n) is 1.92. The molecule has 19 heavy (non-hydrogen) atoms. The molecule has 0 saturated heterocycles. The van der Waals surface area contributed by atoms with Crippen molar-refractivity contribution in [2.45, 2.75) is 20.4 Å². The van der Waals surface area contributed by atoms with Crippen molar-refractivity contribution in [3.63, 3.8) is 0 Å². The summed E-state index contributed by atoms with van der Waals surface area (Å²) >= 11 is 0. The standard InChI is InChI=1S/C14H18N4O/c1-10(2)9-19-6-5-18-13-7-11(8-15)3-4-12(13)17-14(18)16/h3-4,7,10H,5-6,9H2,1-2H3,(H2,16,17). The van der Waals surface area contributed by atoms with Gasteiger partial charge < -0.3 is 15.0 Å². The van der Waals surface area contributed by atoms with E-state index in [0.29, 0.717) is 30.6 Å². The van der Waals surface area contributed by atoms with E-state index in [1.54, 1.807) is 12.1 Å². The Labute approximate surface area is 112 Å². The minimum absolute atomic E-state index is 0.457. The fourth-order valence-corrected chi connectivity index (χ4v) is 1.92. The quantitative estimate of drug-likeness (QED) is 0.834. The lowest BCUT2D eigenvalue weighted by molar-refractivity contribution is 0.104. The molecule has 2 aromatic rings. The third-order valence-corrected chi connectivity index (χ3v) is 2.82. The van der Waals surface area contributed by atoms with Crippen molar-refractivity contribution in [3.8, 4) is 6.07 Å². The second-order valence-corrected chi connectivity index (χ2v) is 4.91. The van der Waals surface area contributed by atoms with E-state index >= 15 is 0 Å². The van der Waals surface area contributed by atoms with Crippen LogP contribution in [0.15, 0.2) is 18.2 Å². The van der Waals surface area contributed by atoms with Gasteiger partial charge in [0, 0.05) is 13.2 Å². The molecule has 2 rings (SSSR count). The number of nitriles is 1. The maximum Gasteiger partial charge on any atom is 0.201 e. The van der Waals surface area contributed by atoms with Gasteiger partial charge in [0.05, 0.1) is 29.3 Å². The molecule has 1 aromatic carbocycles. The van der Waals surface area contributed by atoms with Crippen LogP contribution in [0.25, 0.3) is 11.0 Å². The van der Waals surface area contributed by atoms with Crippen molar-refractivity contribution >= 4 is 17.0 Å². The molecule has 1 aromatic heterocycles. The zero-order chi connectivity index (χ0) is 13.8. The Kier molecular flexibility index (Phi) is 4.03. The number of hydrogen-bond donors (Lipinski definition) is 1. The Hall–Kier alpha value is -2.06. The third kappa shape index (κ3) is 3.04. The van der Waals surface area contributed by atoms with Crippen molar-refractivity contribution in [1.82, 2.24) is 9.55 Å². The van der Waals surface area contributed by atoms with Crippen LogP contribution in [-0.4, -0.2) is 22.8 Å². The molecule has 0 aliphatic carbocycles. The first-order chi connectivity index (χ1) is 9.11. The Balaban J connectivity index is 2.17. The van der Waals surface area contributed by atoms with E-state index < -0.39 is 0 Å². The third-order valence-electron chi connectivity index (χ3n) is 2.82. The summed E-state index contributed by atoms with van der Waals surface area (Å²) in [5, 5.41) is 8.93. The van der Waals surface area contributed by atoms with Gasteiger partial charge in [0.15, 0.2) is 0 Å². The Morgan fingerprint density at radius 3 is 2.95 bits per heavy atom. The summed E-state index contributed by atoms with van der Waals surface area (Å²) in [7, 11) is 0. The number of nitrogen functional groups attached to an aromatic ring is 1. The van der Waals surface area contributed by atoms with Gasteiger partial charge in [-0.15, -0.1) is 0 Å². The lowest BCUT2D eigenvalue weighted by atomic mass is 10.2. The molecule has 5 heteroatoms. The average molecular weight is 258 g/mol. The minimum Gasteiger partial charge on any atom is -0.379 e. The van der Waals surface area contributed by atoms with Crippen molar-refractivity contribution in [1.29, 1.82) is 5.26 Å². The summed E-state index contributed by atoms with van der Waals surface area (Å²) in [5.41, 5.74) is 8.19. The molecule has 100 valence electrons. The molecular weight excluding hydrogens is 240 g/mol. The number of nitrogens with two attached hydrogens (primary N) is 1. The van der Waals surface area contributed by atoms with Gasteiger partial charge in [-0.1, -0.05) is 13.8 Å². The van der Waals surface area contributed by atoms with Gasteiger partial charge in [-0.3, -0.25) is 0 Å². The monoisotopic (exact) mass is 258 g/mol. The highest BCUT2D eigenvalue weighted by molar-refractivity contribution is 5.79. The number of imidazole rings is 1. The van der Waals surface area contributed by atoms with Crippen LogP contribution in [0.2, 0.25) is 0 Å². The van der Waals surface area contributed by atoms with E-state index in [2.05, 4.69) is 24.9 Å². The summed E-state index contributed by atoms with van der Waals surface area (Å²) < 4.78 is 7.45. The first kappa shape index (κ1) is 13.4. The van der Waals surface area contributed by atoms with Crippen LogP contribution < -0.4 is 5.73 Å². The molecule has 0 aliphatic rings. The molecule has 0 unspecified atom stereocenters. The zero-order valence-electron chi connectivity index (χ0n) is 11.3. The molecule has 0 spiro atoms. The SMILES string of the molecule is CC(C)COCCn1c(N)nc2ccc(C#N)cc21. The molecule has 0 saturated carbocycles. The number of ether oxygens (including phenoxy) is 1. The molecule has 1 heterocycles. The predicted octanol–water partition coefficient (Wildman–Crippen LogP) is 2.16. The highest BCUT2D eigenvalue weighted by Crippen LogP contribution is 2.19. The van der Waals surface area contributed by atoms with Gasteiger partial charge in [-0.25, -0.2) is 4.98 Å². The van der Waals surface area contributed by atoms with Crippen molar-refractivity contribution in [2.75, 3.05) is 18.9 Å². The highest BCUT2D eigenvalue weighted by Gasteiger charge is 2.08. The van der Waals surface area contributed by atoms with Crippen LogP contribution >= 0.6 is 0 Å². The fraction of sp³-hybridized carbons (Fsp3) is 0.429. The normalized spacial score (nSPS) is 11.1. The molecule has 0 radical (unpaired) electrons. The summed E-state index contributed by atoms with van der Waals surface area (Å²) in [6.45, 7) is 6.19. The largest absolute Gasteiger partial charge is 0.379 e. The zero-order valence-corrected chi connectivity index (χ0v) is 11.3. The molecule has 0 fully saturated rings. The molecule has 0 aliphatic heterocycles.